The average Bonchev–Trinajstić information content (AvgIpc) is 3.02. The number of H-pyrrole nitrogens is 1. The summed E-state index contributed by atoms with van der Waals surface area (Å²) < 4.78 is 34.3. The number of hydrogen-bond donors (Lipinski definition) is 1. The Bertz CT molecular complexity index is 778. The molecule has 0 fully saturated rings. The molecule has 0 atom stereocenters. The van der Waals surface area contributed by atoms with Crippen LogP contribution >= 0.6 is 11.3 Å². The van der Waals surface area contributed by atoms with Crippen molar-refractivity contribution >= 4 is 21.5 Å². The highest BCUT2D eigenvalue weighted by Gasteiger charge is 2.16. The summed E-state index contributed by atoms with van der Waals surface area (Å²) in [5, 5.41) is 1.65. The molecule has 0 saturated heterocycles. The van der Waals surface area contributed by atoms with Gasteiger partial charge in [-0.25, -0.2) is 0 Å². The van der Waals surface area contributed by atoms with Gasteiger partial charge < -0.3 is 9.72 Å². The van der Waals surface area contributed by atoms with Crippen molar-refractivity contribution in [3.8, 4) is 5.75 Å². The van der Waals surface area contributed by atoms with Crippen molar-refractivity contribution < 1.29 is 17.3 Å². The Balaban J connectivity index is 1.97. The zero-order valence-corrected chi connectivity index (χ0v) is 14.6. The molecule has 8 heteroatoms. The molecule has 2 aromatic rings. The average molecular weight is 357 g/mol. The molecule has 0 aliphatic carbocycles. The third kappa shape index (κ3) is 5.19. The molecule has 0 bridgehead atoms. The summed E-state index contributed by atoms with van der Waals surface area (Å²) in [6, 6.07) is 4.38. The zero-order valence-electron chi connectivity index (χ0n) is 12.9. The number of thiophene rings is 1. The predicted octanol–water partition coefficient (Wildman–Crippen LogP) is 2.77. The highest BCUT2D eigenvalue weighted by molar-refractivity contribution is 7.88. The van der Waals surface area contributed by atoms with Crippen LogP contribution in [-0.2, 0) is 20.9 Å². The Morgan fingerprint density at radius 2 is 2.13 bits per heavy atom. The summed E-state index contributed by atoms with van der Waals surface area (Å²) in [6.07, 6.45) is 2.28. The Labute approximate surface area is 139 Å². The Kier molecular flexibility index (Phi) is 5.97. The van der Waals surface area contributed by atoms with Gasteiger partial charge in [-0.15, -0.1) is 11.3 Å². The summed E-state index contributed by atoms with van der Waals surface area (Å²) in [5.41, 5.74) is 0.0611. The second-order valence-electron chi connectivity index (χ2n) is 5.37. The lowest BCUT2D eigenvalue weighted by molar-refractivity contribution is 0.284. The van der Waals surface area contributed by atoms with Gasteiger partial charge in [0.05, 0.1) is 6.61 Å². The summed E-state index contributed by atoms with van der Waals surface area (Å²) >= 11 is 1.08. The minimum absolute atomic E-state index is 0.133. The third-order valence-electron chi connectivity index (χ3n) is 3.00. The second kappa shape index (κ2) is 7.76. The minimum atomic E-state index is -3.80. The van der Waals surface area contributed by atoms with Gasteiger partial charge in [-0.1, -0.05) is 19.9 Å². The summed E-state index contributed by atoms with van der Waals surface area (Å²) in [6.45, 7) is 4.37. The molecule has 0 radical (unpaired) electrons. The molecule has 2 rings (SSSR count). The van der Waals surface area contributed by atoms with Crippen molar-refractivity contribution in [3.63, 3.8) is 0 Å². The van der Waals surface area contributed by atoms with Gasteiger partial charge >= 0.3 is 10.1 Å². The van der Waals surface area contributed by atoms with Crippen molar-refractivity contribution in [3.05, 3.63) is 45.7 Å². The standard InChI is InChI=1S/C15H19NO5S2/c1-11(2)5-6-20-14-9-16-12(8-13(14)17)10-21-23(18,19)15-4-3-7-22-15/h3-4,7-9,11H,5-6,10H2,1-2H3,(H,16,17). The van der Waals surface area contributed by atoms with E-state index < -0.39 is 10.1 Å². The van der Waals surface area contributed by atoms with Gasteiger partial charge in [0, 0.05) is 18.0 Å². The first-order chi connectivity index (χ1) is 10.9. The maximum absolute atomic E-state index is 11.9. The number of ether oxygens (including phenoxy) is 1. The number of aromatic nitrogens is 1. The molecule has 0 aromatic carbocycles. The lowest BCUT2D eigenvalue weighted by Gasteiger charge is -2.08. The van der Waals surface area contributed by atoms with Gasteiger partial charge in [0.25, 0.3) is 0 Å². The molecule has 2 heterocycles. The van der Waals surface area contributed by atoms with E-state index in [2.05, 4.69) is 18.8 Å². The second-order valence-corrected chi connectivity index (χ2v) is 8.16. The molecule has 1 N–H and O–H groups in total. The number of pyridine rings is 1. The molecule has 126 valence electrons. The highest BCUT2D eigenvalue weighted by Crippen LogP contribution is 2.19. The summed E-state index contributed by atoms with van der Waals surface area (Å²) in [4.78, 5) is 14.7. The first kappa shape index (κ1) is 17.7. The lowest BCUT2D eigenvalue weighted by atomic mass is 10.1. The van der Waals surface area contributed by atoms with Crippen LogP contribution in [0, 0.1) is 5.92 Å². The quantitative estimate of drug-likeness (QED) is 0.734. The van der Waals surface area contributed by atoms with Gasteiger partial charge in [0.15, 0.2) is 5.75 Å². The number of rotatable bonds is 8. The molecule has 23 heavy (non-hydrogen) atoms. The summed E-state index contributed by atoms with van der Waals surface area (Å²) in [5.74, 6) is 0.708. The smallest absolute Gasteiger partial charge is 0.306 e. The summed E-state index contributed by atoms with van der Waals surface area (Å²) in [7, 11) is -3.80. The number of aromatic amines is 1. The van der Waals surface area contributed by atoms with Gasteiger partial charge in [0.2, 0.25) is 5.43 Å². The minimum Gasteiger partial charge on any atom is -0.488 e. The number of hydrogen-bond acceptors (Lipinski definition) is 6. The maximum Gasteiger partial charge on any atom is 0.306 e. The Morgan fingerprint density at radius 3 is 2.74 bits per heavy atom. The molecule has 2 aromatic heterocycles. The fourth-order valence-electron chi connectivity index (χ4n) is 1.71. The molecular formula is C15H19NO5S2. The van der Waals surface area contributed by atoms with Gasteiger partial charge in [-0.3, -0.25) is 8.98 Å². The molecule has 0 spiro atoms. The van der Waals surface area contributed by atoms with Crippen LogP contribution in [0.3, 0.4) is 0 Å². The zero-order chi connectivity index (χ0) is 16.9. The molecule has 0 aliphatic rings. The van der Waals surface area contributed by atoms with Crippen molar-refractivity contribution in [2.75, 3.05) is 6.61 Å². The van der Waals surface area contributed by atoms with E-state index in [0.29, 0.717) is 18.2 Å². The van der Waals surface area contributed by atoms with Crippen LogP contribution in [0.5, 0.6) is 5.75 Å². The van der Waals surface area contributed by atoms with Crippen molar-refractivity contribution in [1.82, 2.24) is 4.98 Å². The van der Waals surface area contributed by atoms with Crippen LogP contribution < -0.4 is 10.2 Å². The molecular weight excluding hydrogens is 338 g/mol. The molecule has 0 saturated carbocycles. The molecule has 0 amide bonds. The fourth-order valence-corrected chi connectivity index (χ4v) is 3.58. The first-order valence-corrected chi connectivity index (χ1v) is 9.44. The molecule has 0 unspecified atom stereocenters. The van der Waals surface area contributed by atoms with E-state index in [1.54, 1.807) is 11.4 Å². The van der Waals surface area contributed by atoms with Crippen LogP contribution in [0.25, 0.3) is 0 Å². The highest BCUT2D eigenvalue weighted by atomic mass is 32.3. The van der Waals surface area contributed by atoms with E-state index in [9.17, 15) is 13.2 Å². The van der Waals surface area contributed by atoms with E-state index in [1.807, 2.05) is 0 Å². The van der Waals surface area contributed by atoms with E-state index in [4.69, 9.17) is 8.92 Å². The van der Waals surface area contributed by atoms with E-state index in [-0.39, 0.29) is 22.0 Å². The Hall–Kier alpha value is -1.64. The van der Waals surface area contributed by atoms with Crippen molar-refractivity contribution in [2.45, 2.75) is 31.1 Å². The lowest BCUT2D eigenvalue weighted by Crippen LogP contribution is -2.13. The van der Waals surface area contributed by atoms with Crippen LogP contribution in [0.1, 0.15) is 26.0 Å². The Morgan fingerprint density at radius 1 is 1.35 bits per heavy atom. The SMILES string of the molecule is CC(C)CCOc1c[nH]c(COS(=O)(=O)c2cccs2)cc1=O. The monoisotopic (exact) mass is 357 g/mol. The van der Waals surface area contributed by atoms with Crippen LogP contribution in [0.2, 0.25) is 0 Å². The van der Waals surface area contributed by atoms with Gasteiger partial charge in [-0.2, -0.15) is 8.42 Å². The first-order valence-electron chi connectivity index (χ1n) is 7.16. The topological polar surface area (TPSA) is 85.5 Å². The predicted molar refractivity (Wildman–Crippen MR) is 88.3 cm³/mol. The van der Waals surface area contributed by atoms with E-state index in [0.717, 1.165) is 17.8 Å². The fraction of sp³-hybridized carbons (Fsp3) is 0.400. The maximum atomic E-state index is 11.9. The number of nitrogens with one attached hydrogen (secondary N) is 1. The largest absolute Gasteiger partial charge is 0.488 e. The third-order valence-corrected chi connectivity index (χ3v) is 5.62. The van der Waals surface area contributed by atoms with Crippen LogP contribution in [0.15, 0.2) is 38.8 Å². The van der Waals surface area contributed by atoms with E-state index >= 15 is 0 Å². The molecule has 0 aliphatic heterocycles. The van der Waals surface area contributed by atoms with Crippen LogP contribution in [0.4, 0.5) is 0 Å². The van der Waals surface area contributed by atoms with Crippen LogP contribution in [-0.4, -0.2) is 20.0 Å². The van der Waals surface area contributed by atoms with E-state index in [1.165, 1.54) is 18.3 Å². The van der Waals surface area contributed by atoms with Crippen molar-refractivity contribution in [1.29, 1.82) is 0 Å². The normalized spacial score (nSPS) is 11.8. The van der Waals surface area contributed by atoms with Crippen molar-refractivity contribution in [2.24, 2.45) is 5.92 Å². The van der Waals surface area contributed by atoms with Gasteiger partial charge in [0.1, 0.15) is 10.8 Å². The molecule has 6 nitrogen and oxygen atoms in total. The van der Waals surface area contributed by atoms with Gasteiger partial charge in [-0.05, 0) is 23.8 Å².